The molecule has 0 spiro atoms. The molecule has 0 bridgehead atoms. The second-order valence-electron chi connectivity index (χ2n) is 4.99. The van der Waals surface area contributed by atoms with E-state index in [0.29, 0.717) is 11.8 Å². The molecule has 1 aliphatic rings. The van der Waals surface area contributed by atoms with E-state index in [1.165, 1.54) is 17.7 Å². The van der Waals surface area contributed by atoms with Crippen LogP contribution in [0, 0.1) is 17.2 Å². The van der Waals surface area contributed by atoms with E-state index in [9.17, 15) is 0 Å². The minimum Gasteiger partial charge on any atom is -0.334 e. The Hall–Kier alpha value is -2.08. The Morgan fingerprint density at radius 1 is 1.33 bits per heavy atom. The number of nitriles is 1. The number of aromatic nitrogens is 2. The summed E-state index contributed by atoms with van der Waals surface area (Å²) >= 11 is 0. The summed E-state index contributed by atoms with van der Waals surface area (Å²) in [6.45, 7) is 3.35. The topological polar surface area (TPSA) is 41.6 Å². The van der Waals surface area contributed by atoms with Gasteiger partial charge >= 0.3 is 0 Å². The third kappa shape index (κ3) is 1.70. The first kappa shape index (κ1) is 11.0. The van der Waals surface area contributed by atoms with E-state index in [-0.39, 0.29) is 0 Å². The molecule has 2 atom stereocenters. The second-order valence-corrected chi connectivity index (χ2v) is 4.99. The monoisotopic (exact) mass is 237 g/mol. The molecule has 90 valence electrons. The van der Waals surface area contributed by atoms with Crippen LogP contribution in [-0.4, -0.2) is 9.55 Å². The number of fused-ring (bicyclic) bond motifs is 1. The lowest BCUT2D eigenvalue weighted by Gasteiger charge is -2.30. The number of nitrogens with zero attached hydrogens (tertiary/aromatic N) is 3. The summed E-state index contributed by atoms with van der Waals surface area (Å²) in [7, 11) is 0. The van der Waals surface area contributed by atoms with Crippen molar-refractivity contribution in [3.63, 3.8) is 0 Å². The predicted octanol–water partition coefficient (Wildman–Crippen LogP) is 2.93. The van der Waals surface area contributed by atoms with Crippen LogP contribution in [0.1, 0.15) is 36.1 Å². The van der Waals surface area contributed by atoms with Crippen LogP contribution in [0.15, 0.2) is 36.8 Å². The second kappa shape index (κ2) is 4.30. The van der Waals surface area contributed by atoms with Crippen molar-refractivity contribution in [1.82, 2.24) is 9.55 Å². The van der Waals surface area contributed by atoms with Crippen molar-refractivity contribution in [1.29, 1.82) is 5.26 Å². The van der Waals surface area contributed by atoms with Crippen molar-refractivity contribution in [3.05, 3.63) is 53.6 Å². The smallest absolute Gasteiger partial charge is 0.0991 e. The van der Waals surface area contributed by atoms with Crippen LogP contribution in [0.3, 0.4) is 0 Å². The molecule has 3 heteroatoms. The van der Waals surface area contributed by atoms with Gasteiger partial charge in [-0.25, -0.2) is 4.98 Å². The van der Waals surface area contributed by atoms with Crippen LogP contribution in [0.25, 0.3) is 0 Å². The van der Waals surface area contributed by atoms with Gasteiger partial charge < -0.3 is 4.57 Å². The quantitative estimate of drug-likeness (QED) is 0.765. The number of hydrogen-bond acceptors (Lipinski definition) is 2. The van der Waals surface area contributed by atoms with E-state index in [1.54, 1.807) is 0 Å². The van der Waals surface area contributed by atoms with E-state index in [0.717, 1.165) is 12.1 Å². The van der Waals surface area contributed by atoms with Gasteiger partial charge in [0.15, 0.2) is 0 Å². The van der Waals surface area contributed by atoms with Crippen LogP contribution < -0.4 is 0 Å². The minimum absolute atomic E-state index is 0.397. The Kier molecular flexibility index (Phi) is 2.64. The summed E-state index contributed by atoms with van der Waals surface area (Å²) in [5.41, 5.74) is 3.29. The van der Waals surface area contributed by atoms with Crippen molar-refractivity contribution < 1.29 is 0 Å². The van der Waals surface area contributed by atoms with Gasteiger partial charge in [-0.2, -0.15) is 5.26 Å². The molecule has 0 amide bonds. The fourth-order valence-electron chi connectivity index (χ4n) is 2.84. The largest absolute Gasteiger partial charge is 0.334 e. The Labute approximate surface area is 107 Å². The standard InChI is InChI=1S/C15H15N3/c1-11-6-7-18-10-17-9-14(18)15(11)13-4-2-12(8-16)3-5-13/h2-5,9-11,15H,6-7H2,1H3/t11-,15+/m0/s1. The Morgan fingerprint density at radius 2 is 2.11 bits per heavy atom. The normalized spacial score (nSPS) is 22.2. The molecule has 3 rings (SSSR count). The highest BCUT2D eigenvalue weighted by Gasteiger charge is 2.28. The van der Waals surface area contributed by atoms with Gasteiger partial charge in [0.05, 0.1) is 18.0 Å². The average Bonchev–Trinajstić information content (AvgIpc) is 2.87. The lowest BCUT2D eigenvalue weighted by Crippen LogP contribution is -2.22. The number of benzene rings is 1. The third-order valence-corrected chi connectivity index (χ3v) is 3.86. The molecule has 2 aromatic rings. The SMILES string of the molecule is C[C@H]1CCn2cncc2[C@H]1c1ccc(C#N)cc1. The lowest BCUT2D eigenvalue weighted by molar-refractivity contribution is 0.374. The first-order valence-electron chi connectivity index (χ1n) is 6.29. The average molecular weight is 237 g/mol. The molecule has 18 heavy (non-hydrogen) atoms. The van der Waals surface area contributed by atoms with Crippen molar-refractivity contribution in [3.8, 4) is 6.07 Å². The molecule has 0 saturated heterocycles. The van der Waals surface area contributed by atoms with Gasteiger partial charge in [0, 0.05) is 24.4 Å². The molecule has 3 nitrogen and oxygen atoms in total. The van der Waals surface area contributed by atoms with Gasteiger partial charge in [-0.15, -0.1) is 0 Å². The number of hydrogen-bond donors (Lipinski definition) is 0. The fourth-order valence-corrected chi connectivity index (χ4v) is 2.84. The van der Waals surface area contributed by atoms with Gasteiger partial charge in [-0.05, 0) is 30.0 Å². The van der Waals surface area contributed by atoms with Gasteiger partial charge in [0.2, 0.25) is 0 Å². The predicted molar refractivity (Wildman–Crippen MR) is 69.0 cm³/mol. The van der Waals surface area contributed by atoms with Gasteiger partial charge in [0.1, 0.15) is 0 Å². The van der Waals surface area contributed by atoms with E-state index >= 15 is 0 Å². The van der Waals surface area contributed by atoms with Gasteiger partial charge in [0.25, 0.3) is 0 Å². The molecule has 0 unspecified atom stereocenters. The van der Waals surface area contributed by atoms with E-state index in [1.807, 2.05) is 24.7 Å². The summed E-state index contributed by atoms with van der Waals surface area (Å²) in [6.07, 6.45) is 5.06. The van der Waals surface area contributed by atoms with Crippen LogP contribution in [0.2, 0.25) is 0 Å². The summed E-state index contributed by atoms with van der Waals surface area (Å²) in [5.74, 6) is 1.01. The number of imidazole rings is 1. The highest BCUT2D eigenvalue weighted by molar-refractivity contribution is 5.36. The Bertz CT molecular complexity index is 589. The summed E-state index contributed by atoms with van der Waals surface area (Å²) in [4.78, 5) is 4.26. The van der Waals surface area contributed by atoms with Crippen molar-refractivity contribution >= 4 is 0 Å². The number of aryl methyl sites for hydroxylation is 1. The van der Waals surface area contributed by atoms with Gasteiger partial charge in [-0.3, -0.25) is 0 Å². The molecule has 2 heterocycles. The molecule has 0 radical (unpaired) electrons. The van der Waals surface area contributed by atoms with E-state index in [4.69, 9.17) is 5.26 Å². The minimum atomic E-state index is 0.397. The summed E-state index contributed by atoms with van der Waals surface area (Å²) in [6, 6.07) is 10.1. The highest BCUT2D eigenvalue weighted by Crippen LogP contribution is 2.37. The van der Waals surface area contributed by atoms with Crippen molar-refractivity contribution in [2.45, 2.75) is 25.8 Å². The van der Waals surface area contributed by atoms with Crippen molar-refractivity contribution in [2.24, 2.45) is 5.92 Å². The zero-order valence-corrected chi connectivity index (χ0v) is 10.4. The van der Waals surface area contributed by atoms with Crippen molar-refractivity contribution in [2.75, 3.05) is 0 Å². The molecule has 0 fully saturated rings. The maximum atomic E-state index is 8.85. The van der Waals surface area contributed by atoms with E-state index in [2.05, 4.69) is 34.7 Å². The molecule has 0 N–H and O–H groups in total. The fraction of sp³-hybridized carbons (Fsp3) is 0.333. The van der Waals surface area contributed by atoms with Crippen LogP contribution >= 0.6 is 0 Å². The molecule has 1 aromatic carbocycles. The summed E-state index contributed by atoms with van der Waals surface area (Å²) in [5, 5.41) is 8.85. The molecule has 0 saturated carbocycles. The molecule has 1 aromatic heterocycles. The summed E-state index contributed by atoms with van der Waals surface area (Å²) < 4.78 is 2.24. The molecule has 0 aliphatic carbocycles. The lowest BCUT2D eigenvalue weighted by atomic mass is 9.80. The third-order valence-electron chi connectivity index (χ3n) is 3.86. The molecular weight excluding hydrogens is 222 g/mol. The van der Waals surface area contributed by atoms with Crippen LogP contribution in [-0.2, 0) is 6.54 Å². The maximum Gasteiger partial charge on any atom is 0.0991 e. The van der Waals surface area contributed by atoms with E-state index < -0.39 is 0 Å². The maximum absolute atomic E-state index is 8.85. The first-order chi connectivity index (χ1) is 8.79. The number of rotatable bonds is 1. The molecule has 1 aliphatic heterocycles. The van der Waals surface area contributed by atoms with Gasteiger partial charge in [-0.1, -0.05) is 19.1 Å². The van der Waals surface area contributed by atoms with Crippen LogP contribution in [0.5, 0.6) is 0 Å². The molecular formula is C15H15N3. The highest BCUT2D eigenvalue weighted by atomic mass is 15.1. The first-order valence-corrected chi connectivity index (χ1v) is 6.29. The Morgan fingerprint density at radius 3 is 2.83 bits per heavy atom. The van der Waals surface area contributed by atoms with Crippen LogP contribution in [0.4, 0.5) is 0 Å². The zero-order chi connectivity index (χ0) is 12.5. The zero-order valence-electron chi connectivity index (χ0n) is 10.4. The Balaban J connectivity index is 2.03.